The van der Waals surface area contributed by atoms with Crippen LogP contribution in [0.15, 0.2) is 90.0 Å². The van der Waals surface area contributed by atoms with Crippen LogP contribution in [0.1, 0.15) is 25.0 Å². The van der Waals surface area contributed by atoms with E-state index in [1.165, 1.54) is 10.9 Å². The Kier molecular flexibility index (Phi) is 7.52. The summed E-state index contributed by atoms with van der Waals surface area (Å²) in [6.45, 7) is 2.36. The van der Waals surface area contributed by atoms with Crippen molar-refractivity contribution in [3.8, 4) is 5.75 Å². The van der Waals surface area contributed by atoms with Gasteiger partial charge in [0.05, 0.1) is 35.9 Å². The molecule has 8 heteroatoms. The highest BCUT2D eigenvalue weighted by atomic mass is 16.5. The maximum atomic E-state index is 13.2. The molecule has 1 heterocycles. The highest BCUT2D eigenvalue weighted by Gasteiger charge is 2.26. The molecule has 1 amide bonds. The molecule has 0 saturated heterocycles. The van der Waals surface area contributed by atoms with Crippen LogP contribution < -0.4 is 15.6 Å². The third-order valence-corrected chi connectivity index (χ3v) is 5.32. The predicted molar refractivity (Wildman–Crippen MR) is 132 cm³/mol. The van der Waals surface area contributed by atoms with Crippen LogP contribution in [0.2, 0.25) is 0 Å². The van der Waals surface area contributed by atoms with Crippen molar-refractivity contribution in [2.75, 3.05) is 11.9 Å². The predicted octanol–water partition coefficient (Wildman–Crippen LogP) is 4.11. The fourth-order valence-corrected chi connectivity index (χ4v) is 3.62. The van der Waals surface area contributed by atoms with Crippen molar-refractivity contribution in [2.45, 2.75) is 26.0 Å². The van der Waals surface area contributed by atoms with Crippen LogP contribution in [0, 0.1) is 0 Å². The van der Waals surface area contributed by atoms with E-state index in [4.69, 9.17) is 9.47 Å². The molecule has 1 unspecified atom stereocenters. The van der Waals surface area contributed by atoms with Gasteiger partial charge in [-0.15, -0.1) is 0 Å². The Hall–Kier alpha value is -4.46. The molecule has 0 aliphatic carbocycles. The molecule has 178 valence electrons. The molecule has 4 aromatic rings. The largest absolute Gasteiger partial charge is 0.492 e. The normalized spacial score (nSPS) is 11.6. The Balaban J connectivity index is 1.49. The van der Waals surface area contributed by atoms with Gasteiger partial charge in [-0.3, -0.25) is 19.0 Å². The molecule has 3 aromatic carbocycles. The van der Waals surface area contributed by atoms with Crippen LogP contribution in [-0.2, 0) is 20.9 Å². The Morgan fingerprint density at radius 1 is 0.971 bits per heavy atom. The van der Waals surface area contributed by atoms with E-state index in [9.17, 15) is 14.4 Å². The zero-order valence-corrected chi connectivity index (χ0v) is 19.2. The molecule has 1 aromatic heterocycles. The first-order chi connectivity index (χ1) is 17.1. The minimum Gasteiger partial charge on any atom is -0.492 e. The summed E-state index contributed by atoms with van der Waals surface area (Å²) in [5, 5.41) is 3.27. The summed E-state index contributed by atoms with van der Waals surface area (Å²) < 4.78 is 12.5. The number of amides is 1. The van der Waals surface area contributed by atoms with Crippen LogP contribution in [0.3, 0.4) is 0 Å². The number of rotatable bonds is 9. The molecule has 4 rings (SSSR count). The van der Waals surface area contributed by atoms with Gasteiger partial charge < -0.3 is 14.8 Å². The first-order valence-corrected chi connectivity index (χ1v) is 11.3. The highest BCUT2D eigenvalue weighted by molar-refractivity contribution is 5.97. The maximum absolute atomic E-state index is 13.2. The van der Waals surface area contributed by atoms with E-state index in [1.54, 1.807) is 72.8 Å². The Morgan fingerprint density at radius 2 is 1.69 bits per heavy atom. The lowest BCUT2D eigenvalue weighted by molar-refractivity contribution is -0.155. The number of hydrogen-bond acceptors (Lipinski definition) is 6. The van der Waals surface area contributed by atoms with E-state index < -0.39 is 18.0 Å². The van der Waals surface area contributed by atoms with Crippen LogP contribution in [-0.4, -0.2) is 28.0 Å². The molecule has 0 bridgehead atoms. The number of nitrogens with one attached hydrogen (secondary N) is 1. The third-order valence-electron chi connectivity index (χ3n) is 5.32. The Morgan fingerprint density at radius 3 is 2.49 bits per heavy atom. The fraction of sp³-hybridized carbons (Fsp3) is 0.185. The molecular formula is C27H25N3O5. The van der Waals surface area contributed by atoms with Crippen LogP contribution in [0.4, 0.5) is 5.69 Å². The number of anilines is 1. The summed E-state index contributed by atoms with van der Waals surface area (Å²) >= 11 is 0. The molecule has 0 aliphatic rings. The first-order valence-electron chi connectivity index (χ1n) is 11.3. The van der Waals surface area contributed by atoms with Gasteiger partial charge in [-0.2, -0.15) is 0 Å². The van der Waals surface area contributed by atoms with Crippen molar-refractivity contribution in [1.82, 2.24) is 9.55 Å². The first kappa shape index (κ1) is 23.7. The SMILES string of the molecule is CCOc1ccccc1NC(=O)C(OC(=O)CCn1cnc2ccccc2c1=O)c1ccccc1. The second-order valence-corrected chi connectivity index (χ2v) is 7.71. The lowest BCUT2D eigenvalue weighted by Gasteiger charge is -2.19. The van der Waals surface area contributed by atoms with Gasteiger partial charge in [0.2, 0.25) is 6.10 Å². The molecule has 1 N–H and O–H groups in total. The number of fused-ring (bicyclic) bond motifs is 1. The second-order valence-electron chi connectivity index (χ2n) is 7.71. The number of carbonyl (C=O) groups excluding carboxylic acids is 2. The van der Waals surface area contributed by atoms with Crippen molar-refractivity contribution in [3.05, 3.63) is 101 Å². The molecule has 1 atom stereocenters. The smallest absolute Gasteiger partial charge is 0.308 e. The monoisotopic (exact) mass is 471 g/mol. The van der Waals surface area contributed by atoms with Gasteiger partial charge in [-0.05, 0) is 31.2 Å². The topological polar surface area (TPSA) is 99.5 Å². The van der Waals surface area contributed by atoms with E-state index in [0.29, 0.717) is 34.5 Å². The number of hydrogen-bond donors (Lipinski definition) is 1. The molecule has 35 heavy (non-hydrogen) atoms. The summed E-state index contributed by atoms with van der Waals surface area (Å²) in [5.41, 5.74) is 1.35. The summed E-state index contributed by atoms with van der Waals surface area (Å²) in [6.07, 6.45) is 0.126. The number of aryl methyl sites for hydroxylation is 1. The zero-order valence-electron chi connectivity index (χ0n) is 19.2. The van der Waals surface area contributed by atoms with Gasteiger partial charge in [0, 0.05) is 12.1 Å². The van der Waals surface area contributed by atoms with E-state index in [0.717, 1.165) is 0 Å². The van der Waals surface area contributed by atoms with Crippen LogP contribution >= 0.6 is 0 Å². The molecule has 0 radical (unpaired) electrons. The molecule has 8 nitrogen and oxygen atoms in total. The summed E-state index contributed by atoms with van der Waals surface area (Å²) in [6, 6.07) is 22.8. The van der Waals surface area contributed by atoms with Gasteiger partial charge in [-0.1, -0.05) is 54.6 Å². The summed E-state index contributed by atoms with van der Waals surface area (Å²) in [4.78, 5) is 42.8. The van der Waals surface area contributed by atoms with Gasteiger partial charge >= 0.3 is 5.97 Å². The second kappa shape index (κ2) is 11.1. The van der Waals surface area contributed by atoms with Crippen molar-refractivity contribution in [1.29, 1.82) is 0 Å². The van der Waals surface area contributed by atoms with E-state index >= 15 is 0 Å². The number of carbonyl (C=O) groups is 2. The van der Waals surface area contributed by atoms with Gasteiger partial charge in [0.15, 0.2) is 0 Å². The average Bonchev–Trinajstić information content (AvgIpc) is 2.89. The van der Waals surface area contributed by atoms with E-state index in [1.807, 2.05) is 13.0 Å². The fourth-order valence-electron chi connectivity index (χ4n) is 3.62. The van der Waals surface area contributed by atoms with Crippen molar-refractivity contribution >= 4 is 28.5 Å². The van der Waals surface area contributed by atoms with Gasteiger partial charge in [-0.25, -0.2) is 4.98 Å². The number of para-hydroxylation sites is 3. The number of ether oxygens (including phenoxy) is 2. The quantitative estimate of drug-likeness (QED) is 0.369. The highest BCUT2D eigenvalue weighted by Crippen LogP contribution is 2.27. The lowest BCUT2D eigenvalue weighted by atomic mass is 10.1. The van der Waals surface area contributed by atoms with Crippen molar-refractivity contribution in [3.63, 3.8) is 0 Å². The minimum absolute atomic E-state index is 0.0752. The summed E-state index contributed by atoms with van der Waals surface area (Å²) in [5.74, 6) is -0.613. The molecule has 0 aliphatic heterocycles. The average molecular weight is 472 g/mol. The molecule has 0 saturated carbocycles. The zero-order chi connectivity index (χ0) is 24.6. The minimum atomic E-state index is -1.18. The molecule has 0 fully saturated rings. The molecular weight excluding hydrogens is 446 g/mol. The lowest BCUT2D eigenvalue weighted by Crippen LogP contribution is -2.27. The summed E-state index contributed by atoms with van der Waals surface area (Å²) in [7, 11) is 0. The van der Waals surface area contributed by atoms with E-state index in [2.05, 4.69) is 10.3 Å². The van der Waals surface area contributed by atoms with Crippen LogP contribution in [0.5, 0.6) is 5.75 Å². The number of esters is 1. The van der Waals surface area contributed by atoms with Gasteiger partial charge in [0.25, 0.3) is 11.5 Å². The number of benzene rings is 3. The Labute approximate surface area is 202 Å². The maximum Gasteiger partial charge on any atom is 0.308 e. The van der Waals surface area contributed by atoms with Crippen LogP contribution in [0.25, 0.3) is 10.9 Å². The Bertz CT molecular complexity index is 1380. The number of aromatic nitrogens is 2. The number of nitrogens with zero attached hydrogens (tertiary/aromatic N) is 2. The standard InChI is InChI=1S/C27H25N3O5/c1-2-34-23-15-9-8-14-22(23)29-26(32)25(19-10-4-3-5-11-19)35-24(31)16-17-30-18-28-21-13-7-6-12-20(21)27(30)33/h3-15,18,25H,2,16-17H2,1H3,(H,29,32). The van der Waals surface area contributed by atoms with Gasteiger partial charge in [0.1, 0.15) is 5.75 Å². The third kappa shape index (κ3) is 5.73. The molecule has 0 spiro atoms. The van der Waals surface area contributed by atoms with Crippen molar-refractivity contribution in [2.24, 2.45) is 0 Å². The van der Waals surface area contributed by atoms with E-state index in [-0.39, 0.29) is 18.5 Å². The van der Waals surface area contributed by atoms with Crippen molar-refractivity contribution < 1.29 is 19.1 Å².